The minimum absolute atomic E-state index is 0.135. The highest BCUT2D eigenvalue weighted by Gasteiger charge is 2.15. The van der Waals surface area contributed by atoms with Crippen LogP contribution in [0, 0.1) is 5.92 Å². The summed E-state index contributed by atoms with van der Waals surface area (Å²) in [6, 6.07) is 0. The lowest BCUT2D eigenvalue weighted by Crippen LogP contribution is -2.15. The van der Waals surface area contributed by atoms with Crippen molar-refractivity contribution in [1.29, 1.82) is 0 Å². The molecule has 0 saturated heterocycles. The van der Waals surface area contributed by atoms with Crippen LogP contribution in [0.1, 0.15) is 38.7 Å². The number of anilines is 1. The Labute approximate surface area is 154 Å². The molecule has 0 spiro atoms. The molecular formula is C15H22N6O2S2. The molecule has 0 aliphatic heterocycles. The number of rotatable bonds is 9. The smallest absolute Gasteiger partial charge is 0.223 e. The van der Waals surface area contributed by atoms with Gasteiger partial charge in [0.2, 0.25) is 11.8 Å². The number of hydrogen-bond acceptors (Lipinski definition) is 7. The van der Waals surface area contributed by atoms with Crippen LogP contribution in [0.15, 0.2) is 10.5 Å². The summed E-state index contributed by atoms with van der Waals surface area (Å²) in [5.41, 5.74) is 6.10. The SMILES string of the molecule is CC(=O)Nc1nc(CSc2nnc(CCC(N)=O)n2CC(C)C)cs1. The van der Waals surface area contributed by atoms with E-state index in [9.17, 15) is 9.59 Å². The third kappa shape index (κ3) is 6.13. The lowest BCUT2D eigenvalue weighted by molar-refractivity contribution is -0.118. The van der Waals surface area contributed by atoms with E-state index in [1.54, 1.807) is 0 Å². The zero-order valence-electron chi connectivity index (χ0n) is 14.5. The number of carbonyl (C=O) groups excluding carboxylic acids is 2. The molecule has 3 N–H and O–H groups in total. The Balaban J connectivity index is 2.06. The highest BCUT2D eigenvalue weighted by Crippen LogP contribution is 2.25. The minimum Gasteiger partial charge on any atom is -0.370 e. The summed E-state index contributed by atoms with van der Waals surface area (Å²) in [5, 5.41) is 14.4. The van der Waals surface area contributed by atoms with Crippen molar-refractivity contribution < 1.29 is 9.59 Å². The first-order valence-electron chi connectivity index (χ1n) is 7.90. The highest BCUT2D eigenvalue weighted by atomic mass is 32.2. The van der Waals surface area contributed by atoms with Gasteiger partial charge < -0.3 is 15.6 Å². The summed E-state index contributed by atoms with van der Waals surface area (Å²) in [5.74, 6) is 1.34. The first kappa shape index (κ1) is 19.4. The van der Waals surface area contributed by atoms with Gasteiger partial charge in [-0.3, -0.25) is 9.59 Å². The molecule has 8 nitrogen and oxygen atoms in total. The Morgan fingerprint density at radius 3 is 2.80 bits per heavy atom. The molecule has 2 amide bonds. The Kier molecular flexibility index (Phi) is 6.94. The van der Waals surface area contributed by atoms with E-state index >= 15 is 0 Å². The van der Waals surface area contributed by atoms with Crippen LogP contribution in [0.3, 0.4) is 0 Å². The van der Waals surface area contributed by atoms with E-state index in [1.807, 2.05) is 9.95 Å². The van der Waals surface area contributed by atoms with E-state index in [-0.39, 0.29) is 18.2 Å². The number of aromatic nitrogens is 4. The molecule has 2 aromatic heterocycles. The Hall–Kier alpha value is -1.94. The van der Waals surface area contributed by atoms with Crippen molar-refractivity contribution in [3.63, 3.8) is 0 Å². The summed E-state index contributed by atoms with van der Waals surface area (Å²) in [6.07, 6.45) is 0.742. The number of hydrogen-bond donors (Lipinski definition) is 2. The van der Waals surface area contributed by atoms with Gasteiger partial charge in [-0.25, -0.2) is 4.98 Å². The van der Waals surface area contributed by atoms with Gasteiger partial charge in [0.1, 0.15) is 5.82 Å². The van der Waals surface area contributed by atoms with Crippen molar-refractivity contribution in [3.05, 3.63) is 16.9 Å². The maximum Gasteiger partial charge on any atom is 0.223 e. The molecule has 2 heterocycles. The number of aryl methyl sites for hydroxylation is 1. The van der Waals surface area contributed by atoms with E-state index in [2.05, 4.69) is 34.3 Å². The first-order valence-corrected chi connectivity index (χ1v) is 9.76. The lowest BCUT2D eigenvalue weighted by Gasteiger charge is -2.11. The monoisotopic (exact) mass is 382 g/mol. The lowest BCUT2D eigenvalue weighted by atomic mass is 10.2. The van der Waals surface area contributed by atoms with Crippen LogP contribution in [0.2, 0.25) is 0 Å². The summed E-state index contributed by atoms with van der Waals surface area (Å²) >= 11 is 2.93. The number of nitrogens with zero attached hydrogens (tertiary/aromatic N) is 4. The number of primary amides is 1. The van der Waals surface area contributed by atoms with Crippen molar-refractivity contribution >= 4 is 40.0 Å². The second-order valence-corrected chi connectivity index (χ2v) is 7.78. The Morgan fingerprint density at radius 2 is 2.16 bits per heavy atom. The topological polar surface area (TPSA) is 116 Å². The third-order valence-electron chi connectivity index (χ3n) is 3.12. The van der Waals surface area contributed by atoms with Crippen LogP contribution in [0.25, 0.3) is 0 Å². The Morgan fingerprint density at radius 1 is 1.40 bits per heavy atom. The van der Waals surface area contributed by atoms with Gasteiger partial charge in [0.25, 0.3) is 0 Å². The van der Waals surface area contributed by atoms with Gasteiger partial charge in [0.15, 0.2) is 10.3 Å². The van der Waals surface area contributed by atoms with Crippen LogP contribution in [0.4, 0.5) is 5.13 Å². The molecule has 0 saturated carbocycles. The van der Waals surface area contributed by atoms with Gasteiger partial charge >= 0.3 is 0 Å². The summed E-state index contributed by atoms with van der Waals surface area (Å²) in [7, 11) is 0. The van der Waals surface area contributed by atoms with Crippen molar-refractivity contribution in [1.82, 2.24) is 19.7 Å². The highest BCUT2D eigenvalue weighted by molar-refractivity contribution is 7.98. The van der Waals surface area contributed by atoms with Gasteiger partial charge in [-0.05, 0) is 5.92 Å². The van der Waals surface area contributed by atoms with Crippen molar-refractivity contribution in [2.45, 2.75) is 51.1 Å². The molecule has 0 unspecified atom stereocenters. The van der Waals surface area contributed by atoms with E-state index in [0.29, 0.717) is 23.2 Å². The standard InChI is InChI=1S/C15H22N6O2S2/c1-9(2)6-21-13(5-4-12(16)23)19-20-15(21)25-8-11-7-24-14(18-11)17-10(3)22/h7,9H,4-6,8H2,1-3H3,(H2,16,23)(H,17,18,22). The van der Waals surface area contributed by atoms with E-state index in [0.717, 1.165) is 23.2 Å². The number of nitrogens with one attached hydrogen (secondary N) is 1. The van der Waals surface area contributed by atoms with Gasteiger partial charge in [0, 0.05) is 37.4 Å². The molecule has 136 valence electrons. The summed E-state index contributed by atoms with van der Waals surface area (Å²) in [4.78, 5) is 26.5. The average Bonchev–Trinajstić information content (AvgIpc) is 3.09. The molecule has 0 radical (unpaired) electrons. The number of thiazole rings is 1. The second-order valence-electron chi connectivity index (χ2n) is 5.98. The van der Waals surface area contributed by atoms with Crippen LogP contribution >= 0.6 is 23.1 Å². The largest absolute Gasteiger partial charge is 0.370 e. The fraction of sp³-hybridized carbons (Fsp3) is 0.533. The molecule has 0 aliphatic carbocycles. The predicted octanol–water partition coefficient (Wildman–Crippen LogP) is 2.06. The van der Waals surface area contributed by atoms with E-state index in [1.165, 1.54) is 30.0 Å². The fourth-order valence-corrected chi connectivity index (χ4v) is 3.83. The zero-order valence-corrected chi connectivity index (χ0v) is 16.1. The molecule has 0 aliphatic rings. The molecule has 25 heavy (non-hydrogen) atoms. The first-order chi connectivity index (χ1) is 11.8. The molecule has 2 aromatic rings. The molecular weight excluding hydrogens is 360 g/mol. The molecule has 0 fully saturated rings. The summed E-state index contributed by atoms with van der Waals surface area (Å²) < 4.78 is 2.04. The fourth-order valence-electron chi connectivity index (χ4n) is 2.11. The Bertz CT molecular complexity index is 740. The van der Waals surface area contributed by atoms with Crippen LogP contribution < -0.4 is 11.1 Å². The van der Waals surface area contributed by atoms with Gasteiger partial charge in [-0.15, -0.1) is 21.5 Å². The van der Waals surface area contributed by atoms with E-state index < -0.39 is 0 Å². The second kappa shape index (κ2) is 8.95. The number of amides is 2. The molecule has 0 aromatic carbocycles. The van der Waals surface area contributed by atoms with Gasteiger partial charge in [-0.1, -0.05) is 25.6 Å². The molecule has 0 atom stereocenters. The number of carbonyl (C=O) groups is 2. The zero-order chi connectivity index (χ0) is 18.4. The van der Waals surface area contributed by atoms with Crippen molar-refractivity contribution in [2.24, 2.45) is 11.7 Å². The third-order valence-corrected chi connectivity index (χ3v) is 4.93. The van der Waals surface area contributed by atoms with Crippen molar-refractivity contribution in [2.75, 3.05) is 5.32 Å². The molecule has 10 heteroatoms. The van der Waals surface area contributed by atoms with Crippen LogP contribution in [-0.4, -0.2) is 31.6 Å². The number of thioether (sulfide) groups is 1. The van der Waals surface area contributed by atoms with Crippen LogP contribution in [-0.2, 0) is 28.3 Å². The summed E-state index contributed by atoms with van der Waals surface area (Å²) in [6.45, 7) is 6.47. The normalized spacial score (nSPS) is 11.0. The van der Waals surface area contributed by atoms with Crippen LogP contribution in [0.5, 0.6) is 0 Å². The van der Waals surface area contributed by atoms with Gasteiger partial charge in [0.05, 0.1) is 5.69 Å². The average molecular weight is 383 g/mol. The van der Waals surface area contributed by atoms with E-state index in [4.69, 9.17) is 5.73 Å². The maximum absolute atomic E-state index is 11.1. The minimum atomic E-state index is -0.346. The molecule has 2 rings (SSSR count). The molecule has 0 bridgehead atoms. The maximum atomic E-state index is 11.1. The van der Waals surface area contributed by atoms with Gasteiger partial charge in [-0.2, -0.15) is 0 Å². The predicted molar refractivity (Wildman–Crippen MR) is 98.4 cm³/mol. The van der Waals surface area contributed by atoms with Crippen molar-refractivity contribution in [3.8, 4) is 0 Å². The number of nitrogens with two attached hydrogens (primary N) is 1. The quantitative estimate of drug-likeness (QED) is 0.641.